The average Bonchev–Trinajstić information content (AvgIpc) is 2.53. The monoisotopic (exact) mass is 240 g/mol. The average molecular weight is 240 g/mol. The van der Waals surface area contributed by atoms with Gasteiger partial charge in [0.2, 0.25) is 0 Å². The van der Waals surface area contributed by atoms with Crippen LogP contribution in [-0.4, -0.2) is 35.7 Å². The van der Waals surface area contributed by atoms with Gasteiger partial charge in [0.1, 0.15) is 5.60 Å². The van der Waals surface area contributed by atoms with Gasteiger partial charge in [0, 0.05) is 19.1 Å². The van der Waals surface area contributed by atoms with Crippen molar-refractivity contribution in [2.75, 3.05) is 13.1 Å². The minimum absolute atomic E-state index is 0.171. The van der Waals surface area contributed by atoms with E-state index in [0.717, 1.165) is 13.0 Å². The lowest BCUT2D eigenvalue weighted by Crippen LogP contribution is -2.43. The van der Waals surface area contributed by atoms with E-state index in [-0.39, 0.29) is 12.1 Å². The first-order valence-electron chi connectivity index (χ1n) is 6.55. The third-order valence-electron chi connectivity index (χ3n) is 3.93. The molecular formula is C13H24N2O2. The van der Waals surface area contributed by atoms with Crippen LogP contribution in [0.3, 0.4) is 0 Å². The van der Waals surface area contributed by atoms with E-state index in [1.807, 2.05) is 25.7 Å². The number of nitrogens with two attached hydrogens (primary N) is 1. The molecular weight excluding hydrogens is 216 g/mol. The second-order valence-corrected chi connectivity index (χ2v) is 6.56. The summed E-state index contributed by atoms with van der Waals surface area (Å²) in [6, 6.07) is 0.171. The van der Waals surface area contributed by atoms with Crippen molar-refractivity contribution in [2.24, 2.45) is 11.1 Å². The van der Waals surface area contributed by atoms with Gasteiger partial charge in [-0.2, -0.15) is 0 Å². The third kappa shape index (κ3) is 2.57. The number of carbonyl (C=O) groups is 1. The van der Waals surface area contributed by atoms with Gasteiger partial charge in [0.25, 0.3) is 0 Å². The molecule has 1 unspecified atom stereocenters. The molecule has 2 aliphatic rings. The third-order valence-corrected chi connectivity index (χ3v) is 3.93. The number of rotatable bonds is 1. The summed E-state index contributed by atoms with van der Waals surface area (Å²) in [6.45, 7) is 7.08. The molecule has 0 bridgehead atoms. The van der Waals surface area contributed by atoms with Crippen LogP contribution in [0.25, 0.3) is 0 Å². The highest BCUT2D eigenvalue weighted by Gasteiger charge is 2.49. The number of carbonyl (C=O) groups excluding carboxylic acids is 1. The van der Waals surface area contributed by atoms with Crippen molar-refractivity contribution in [3.8, 4) is 0 Å². The van der Waals surface area contributed by atoms with Crippen molar-refractivity contribution < 1.29 is 9.53 Å². The minimum Gasteiger partial charge on any atom is -0.444 e. The summed E-state index contributed by atoms with van der Waals surface area (Å²) >= 11 is 0. The van der Waals surface area contributed by atoms with Gasteiger partial charge >= 0.3 is 6.09 Å². The first-order valence-corrected chi connectivity index (χ1v) is 6.55. The molecule has 1 aliphatic heterocycles. The van der Waals surface area contributed by atoms with Gasteiger partial charge in [-0.15, -0.1) is 0 Å². The largest absolute Gasteiger partial charge is 0.444 e. The maximum atomic E-state index is 12.1. The van der Waals surface area contributed by atoms with Crippen LogP contribution in [0.4, 0.5) is 4.79 Å². The van der Waals surface area contributed by atoms with Crippen molar-refractivity contribution in [2.45, 2.75) is 58.1 Å². The Morgan fingerprint density at radius 3 is 2.53 bits per heavy atom. The quantitative estimate of drug-likeness (QED) is 0.764. The zero-order valence-corrected chi connectivity index (χ0v) is 11.2. The Balaban J connectivity index is 2.01. The smallest absolute Gasteiger partial charge is 0.410 e. The first-order chi connectivity index (χ1) is 7.85. The van der Waals surface area contributed by atoms with Gasteiger partial charge < -0.3 is 15.4 Å². The number of nitrogens with zero attached hydrogens (tertiary/aromatic N) is 1. The Bertz CT molecular complexity index is 305. The van der Waals surface area contributed by atoms with Crippen LogP contribution < -0.4 is 5.73 Å². The Hall–Kier alpha value is -0.770. The zero-order chi connectivity index (χ0) is 12.7. The van der Waals surface area contributed by atoms with Crippen LogP contribution in [0.5, 0.6) is 0 Å². The topological polar surface area (TPSA) is 55.6 Å². The van der Waals surface area contributed by atoms with Crippen molar-refractivity contribution in [3.05, 3.63) is 0 Å². The molecule has 1 saturated heterocycles. The fourth-order valence-corrected chi connectivity index (χ4v) is 2.95. The van der Waals surface area contributed by atoms with E-state index in [2.05, 4.69) is 0 Å². The van der Waals surface area contributed by atoms with Crippen LogP contribution in [0.1, 0.15) is 46.5 Å². The molecule has 2 N–H and O–H groups in total. The molecule has 0 radical (unpaired) electrons. The molecule has 2 fully saturated rings. The highest BCUT2D eigenvalue weighted by Crippen LogP contribution is 2.50. The van der Waals surface area contributed by atoms with E-state index < -0.39 is 5.60 Å². The molecule has 17 heavy (non-hydrogen) atoms. The van der Waals surface area contributed by atoms with E-state index in [9.17, 15) is 4.79 Å². The fraction of sp³-hybridized carbons (Fsp3) is 0.923. The lowest BCUT2D eigenvalue weighted by atomic mass is 9.67. The number of ether oxygens (including phenoxy) is 1. The molecule has 1 spiro atoms. The summed E-state index contributed by atoms with van der Waals surface area (Å²) < 4.78 is 5.45. The van der Waals surface area contributed by atoms with Crippen LogP contribution >= 0.6 is 0 Å². The standard InChI is InChI=1S/C13H24N2O2/c1-12(2,3)17-11(16)15-9-13(5-4-6-13)7-10(15)8-14/h10H,4-9,14H2,1-3H3. The number of amides is 1. The highest BCUT2D eigenvalue weighted by molar-refractivity contribution is 5.69. The minimum atomic E-state index is -0.425. The predicted molar refractivity (Wildman–Crippen MR) is 66.7 cm³/mol. The molecule has 1 heterocycles. The van der Waals surface area contributed by atoms with Crippen LogP contribution in [0, 0.1) is 5.41 Å². The molecule has 4 nitrogen and oxygen atoms in total. The summed E-state index contributed by atoms with van der Waals surface area (Å²) in [5, 5.41) is 0. The molecule has 1 amide bonds. The Labute approximate surface area is 103 Å². The van der Waals surface area contributed by atoms with Crippen molar-refractivity contribution in [1.29, 1.82) is 0 Å². The SMILES string of the molecule is CC(C)(C)OC(=O)N1CC2(CCC2)CC1CN. The number of hydrogen-bond donors (Lipinski definition) is 1. The predicted octanol–water partition coefficient (Wildman–Crippen LogP) is 2.12. The normalized spacial score (nSPS) is 27.1. The Morgan fingerprint density at radius 1 is 1.47 bits per heavy atom. The maximum Gasteiger partial charge on any atom is 0.410 e. The van der Waals surface area contributed by atoms with Gasteiger partial charge in [-0.1, -0.05) is 6.42 Å². The van der Waals surface area contributed by atoms with E-state index >= 15 is 0 Å². The van der Waals surface area contributed by atoms with Gasteiger partial charge in [-0.3, -0.25) is 0 Å². The second-order valence-electron chi connectivity index (χ2n) is 6.56. The van der Waals surface area contributed by atoms with Gasteiger partial charge in [-0.05, 0) is 45.4 Å². The van der Waals surface area contributed by atoms with Crippen LogP contribution in [0.15, 0.2) is 0 Å². The van der Waals surface area contributed by atoms with Gasteiger partial charge in [0.15, 0.2) is 0 Å². The van der Waals surface area contributed by atoms with E-state index in [1.165, 1.54) is 19.3 Å². The molecule has 2 rings (SSSR count). The molecule has 0 aromatic rings. The first kappa shape index (κ1) is 12.7. The molecule has 1 atom stereocenters. The Morgan fingerprint density at radius 2 is 2.12 bits per heavy atom. The summed E-state index contributed by atoms with van der Waals surface area (Å²) in [5.41, 5.74) is 5.71. The molecule has 98 valence electrons. The zero-order valence-electron chi connectivity index (χ0n) is 11.2. The van der Waals surface area contributed by atoms with E-state index in [4.69, 9.17) is 10.5 Å². The van der Waals surface area contributed by atoms with Crippen molar-refractivity contribution in [1.82, 2.24) is 4.90 Å². The molecule has 1 saturated carbocycles. The molecule has 0 aromatic carbocycles. The second kappa shape index (κ2) is 4.16. The molecule has 0 aromatic heterocycles. The lowest BCUT2D eigenvalue weighted by molar-refractivity contribution is 0.0195. The molecule has 4 heteroatoms. The summed E-state index contributed by atoms with van der Waals surface area (Å²) in [7, 11) is 0. The summed E-state index contributed by atoms with van der Waals surface area (Å²) in [4.78, 5) is 14.0. The highest BCUT2D eigenvalue weighted by atomic mass is 16.6. The van der Waals surface area contributed by atoms with Gasteiger partial charge in [0.05, 0.1) is 0 Å². The molecule has 1 aliphatic carbocycles. The van der Waals surface area contributed by atoms with Gasteiger partial charge in [-0.25, -0.2) is 4.79 Å². The number of likely N-dealkylation sites (tertiary alicyclic amines) is 1. The van der Waals surface area contributed by atoms with Crippen LogP contribution in [-0.2, 0) is 4.74 Å². The summed E-state index contributed by atoms with van der Waals surface area (Å²) in [5.74, 6) is 0. The van der Waals surface area contributed by atoms with Crippen molar-refractivity contribution >= 4 is 6.09 Å². The Kier molecular flexibility index (Phi) is 3.10. The maximum absolute atomic E-state index is 12.1. The van der Waals surface area contributed by atoms with E-state index in [1.54, 1.807) is 0 Å². The lowest BCUT2D eigenvalue weighted by Gasteiger charge is -2.38. The van der Waals surface area contributed by atoms with Crippen molar-refractivity contribution in [3.63, 3.8) is 0 Å². The number of hydrogen-bond acceptors (Lipinski definition) is 3. The summed E-state index contributed by atoms with van der Waals surface area (Å²) in [6.07, 6.45) is 4.63. The van der Waals surface area contributed by atoms with Crippen LogP contribution in [0.2, 0.25) is 0 Å². The van der Waals surface area contributed by atoms with E-state index in [0.29, 0.717) is 12.0 Å². The fourth-order valence-electron chi connectivity index (χ4n) is 2.95.